The average molecular weight is 496 g/mol. The second-order valence-electron chi connectivity index (χ2n) is 8.05. The van der Waals surface area contributed by atoms with E-state index in [0.29, 0.717) is 16.1 Å². The Morgan fingerprint density at radius 2 is 1.77 bits per heavy atom. The topological polar surface area (TPSA) is 60.9 Å². The van der Waals surface area contributed by atoms with Crippen molar-refractivity contribution in [2.24, 2.45) is 0 Å². The van der Waals surface area contributed by atoms with Crippen molar-refractivity contribution in [3.05, 3.63) is 106 Å². The Kier molecular flexibility index (Phi) is 5.68. The summed E-state index contributed by atoms with van der Waals surface area (Å²) in [6, 6.07) is 14.7. The molecule has 0 unspecified atom stereocenters. The lowest BCUT2D eigenvalue weighted by atomic mass is 10.0. The quantitative estimate of drug-likeness (QED) is 0.247. The zero-order valence-electron chi connectivity index (χ0n) is 18.3. The van der Waals surface area contributed by atoms with Crippen molar-refractivity contribution in [2.45, 2.75) is 19.6 Å². The van der Waals surface area contributed by atoms with Gasteiger partial charge in [0.25, 0.3) is 0 Å². The Labute approximate surface area is 202 Å². The number of aryl methyl sites for hydroxylation is 1. The Morgan fingerprint density at radius 3 is 2.46 bits per heavy atom. The Bertz CT molecular complexity index is 1540. The normalized spacial score (nSPS) is 11.8. The first-order valence-electron chi connectivity index (χ1n) is 10.6. The van der Waals surface area contributed by atoms with Crippen molar-refractivity contribution >= 4 is 28.3 Å². The van der Waals surface area contributed by atoms with E-state index in [9.17, 15) is 18.0 Å². The molecule has 35 heavy (non-hydrogen) atoms. The number of nitrogens with zero attached hydrogens (tertiary/aromatic N) is 3. The van der Waals surface area contributed by atoms with Gasteiger partial charge < -0.3 is 8.98 Å². The van der Waals surface area contributed by atoms with E-state index in [1.165, 1.54) is 12.4 Å². The van der Waals surface area contributed by atoms with Gasteiger partial charge in [0.1, 0.15) is 5.69 Å². The van der Waals surface area contributed by atoms with Crippen LogP contribution in [-0.2, 0) is 12.7 Å². The molecule has 0 aliphatic rings. The molecule has 0 bridgehead atoms. The van der Waals surface area contributed by atoms with Gasteiger partial charge in [-0.15, -0.1) is 0 Å². The van der Waals surface area contributed by atoms with Crippen LogP contribution in [0.4, 0.5) is 13.2 Å². The molecule has 0 aliphatic heterocycles. The molecule has 5 nitrogen and oxygen atoms in total. The minimum Gasteiger partial charge on any atom is -0.433 e. The molecule has 9 heteroatoms. The van der Waals surface area contributed by atoms with Crippen molar-refractivity contribution in [1.29, 1.82) is 0 Å². The number of carbonyl (C=O) groups excluding carboxylic acids is 1. The maximum Gasteiger partial charge on any atom is 0.432 e. The summed E-state index contributed by atoms with van der Waals surface area (Å²) < 4.78 is 50.3. The highest BCUT2D eigenvalue weighted by Gasteiger charge is 2.42. The minimum absolute atomic E-state index is 0.0997. The van der Waals surface area contributed by atoms with Crippen LogP contribution in [0.1, 0.15) is 32.9 Å². The number of oxazole rings is 1. The van der Waals surface area contributed by atoms with Crippen molar-refractivity contribution in [3.63, 3.8) is 0 Å². The van der Waals surface area contributed by atoms with Crippen LogP contribution < -0.4 is 0 Å². The van der Waals surface area contributed by atoms with Gasteiger partial charge >= 0.3 is 6.18 Å². The molecule has 0 fully saturated rings. The molecule has 0 spiro atoms. The number of rotatable bonds is 5. The number of fused-ring (bicyclic) bond motifs is 1. The fourth-order valence-corrected chi connectivity index (χ4v) is 4.19. The summed E-state index contributed by atoms with van der Waals surface area (Å²) in [5.74, 6) is -1.06. The van der Waals surface area contributed by atoms with Crippen molar-refractivity contribution in [1.82, 2.24) is 14.5 Å². The van der Waals surface area contributed by atoms with Crippen LogP contribution in [0, 0.1) is 6.92 Å². The zero-order chi connectivity index (χ0) is 24.7. The van der Waals surface area contributed by atoms with Crippen LogP contribution in [0.15, 0.2) is 77.6 Å². The molecule has 0 radical (unpaired) electrons. The van der Waals surface area contributed by atoms with Gasteiger partial charge in [-0.3, -0.25) is 9.78 Å². The molecule has 5 aromatic rings. The van der Waals surface area contributed by atoms with Crippen LogP contribution in [-0.4, -0.2) is 20.3 Å². The third-order valence-corrected chi connectivity index (χ3v) is 5.88. The van der Waals surface area contributed by atoms with E-state index in [4.69, 9.17) is 16.0 Å². The second kappa shape index (κ2) is 8.70. The predicted molar refractivity (Wildman–Crippen MR) is 125 cm³/mol. The summed E-state index contributed by atoms with van der Waals surface area (Å²) in [6.07, 6.45) is -0.611. The van der Waals surface area contributed by atoms with E-state index in [2.05, 4.69) is 9.97 Å². The van der Waals surface area contributed by atoms with Crippen LogP contribution in [0.5, 0.6) is 0 Å². The third kappa shape index (κ3) is 4.33. The second-order valence-corrected chi connectivity index (χ2v) is 8.49. The van der Waals surface area contributed by atoms with Gasteiger partial charge in [-0.05, 0) is 48.9 Å². The molecule has 3 heterocycles. The van der Waals surface area contributed by atoms with Gasteiger partial charge in [-0.25, -0.2) is 4.98 Å². The van der Waals surface area contributed by atoms with E-state index in [1.807, 2.05) is 0 Å². The maximum atomic E-state index is 14.5. The Hall–Kier alpha value is -3.91. The van der Waals surface area contributed by atoms with Gasteiger partial charge in [0, 0.05) is 40.4 Å². The molecular weight excluding hydrogens is 479 g/mol. The molecule has 0 N–H and O–H groups in total. The summed E-state index contributed by atoms with van der Waals surface area (Å²) in [5.41, 5.74) is 0.656. The van der Waals surface area contributed by atoms with Gasteiger partial charge in [0.05, 0.1) is 11.8 Å². The first-order chi connectivity index (χ1) is 16.7. The maximum absolute atomic E-state index is 14.5. The molecule has 176 valence electrons. The van der Waals surface area contributed by atoms with E-state index in [-0.39, 0.29) is 29.1 Å². The smallest absolute Gasteiger partial charge is 0.432 e. The number of alkyl halides is 3. The van der Waals surface area contributed by atoms with Crippen molar-refractivity contribution in [2.75, 3.05) is 0 Å². The fourth-order valence-electron chi connectivity index (χ4n) is 4.06. The lowest BCUT2D eigenvalue weighted by Crippen LogP contribution is -2.18. The van der Waals surface area contributed by atoms with Crippen LogP contribution in [0.2, 0.25) is 5.02 Å². The molecular formula is C26H17ClF3N3O2. The predicted octanol–water partition coefficient (Wildman–Crippen LogP) is 6.95. The SMILES string of the molecule is Cc1ccc2c(c1)c(C(=O)c1cnc(-c3ccncc3)o1)c(C(F)(F)F)n2Cc1ccc(Cl)cc1. The average Bonchev–Trinajstić information content (AvgIpc) is 3.44. The molecule has 5 rings (SSSR count). The summed E-state index contributed by atoms with van der Waals surface area (Å²) >= 11 is 5.94. The van der Waals surface area contributed by atoms with Crippen LogP contribution in [0.3, 0.4) is 0 Å². The van der Waals surface area contributed by atoms with Gasteiger partial charge in [0.15, 0.2) is 5.76 Å². The number of benzene rings is 2. The number of aromatic nitrogens is 3. The van der Waals surface area contributed by atoms with Gasteiger partial charge in [-0.2, -0.15) is 13.2 Å². The molecule has 3 aromatic heterocycles. The standard InChI is InChI=1S/C26H17ClF3N3O2/c1-15-2-7-20-19(12-15)22(23(34)21-13-32-25(35-21)17-8-10-31-11-9-17)24(26(28,29)30)33(20)14-16-3-5-18(27)6-4-16/h2-13H,14H2,1H3. The first kappa shape index (κ1) is 22.9. The van der Waals surface area contributed by atoms with E-state index in [0.717, 1.165) is 16.3 Å². The zero-order valence-corrected chi connectivity index (χ0v) is 19.1. The molecule has 0 amide bonds. The van der Waals surface area contributed by atoms with Crippen molar-refractivity contribution < 1.29 is 22.4 Å². The lowest BCUT2D eigenvalue weighted by Gasteiger charge is -2.15. The highest BCUT2D eigenvalue weighted by molar-refractivity contribution is 6.30. The summed E-state index contributed by atoms with van der Waals surface area (Å²) in [5, 5.41) is 0.669. The molecule has 0 atom stereocenters. The summed E-state index contributed by atoms with van der Waals surface area (Å²) in [7, 11) is 0. The van der Waals surface area contributed by atoms with Gasteiger partial charge in [-0.1, -0.05) is 35.4 Å². The summed E-state index contributed by atoms with van der Waals surface area (Å²) in [4.78, 5) is 21.5. The molecule has 2 aromatic carbocycles. The molecule has 0 aliphatic carbocycles. The highest BCUT2D eigenvalue weighted by Crippen LogP contribution is 2.40. The minimum atomic E-state index is -4.81. The fraction of sp³-hybridized carbons (Fsp3) is 0.115. The number of carbonyl (C=O) groups is 1. The monoisotopic (exact) mass is 495 g/mol. The van der Waals surface area contributed by atoms with E-state index in [1.54, 1.807) is 61.5 Å². The highest BCUT2D eigenvalue weighted by atomic mass is 35.5. The molecule has 0 saturated heterocycles. The number of pyridine rings is 1. The Morgan fingerprint density at radius 1 is 1.06 bits per heavy atom. The summed E-state index contributed by atoms with van der Waals surface area (Å²) in [6.45, 7) is 1.66. The lowest BCUT2D eigenvalue weighted by molar-refractivity contribution is -0.143. The number of ketones is 1. The molecule has 0 saturated carbocycles. The largest absolute Gasteiger partial charge is 0.433 e. The van der Waals surface area contributed by atoms with E-state index >= 15 is 0 Å². The number of hydrogen-bond donors (Lipinski definition) is 0. The Balaban J connectivity index is 1.70. The van der Waals surface area contributed by atoms with Gasteiger partial charge in [0.2, 0.25) is 11.7 Å². The third-order valence-electron chi connectivity index (χ3n) is 5.63. The van der Waals surface area contributed by atoms with Crippen molar-refractivity contribution in [3.8, 4) is 11.5 Å². The number of hydrogen-bond acceptors (Lipinski definition) is 4. The van der Waals surface area contributed by atoms with Crippen LogP contribution >= 0.6 is 11.6 Å². The van der Waals surface area contributed by atoms with E-state index < -0.39 is 23.2 Å². The van der Waals surface area contributed by atoms with Crippen LogP contribution in [0.25, 0.3) is 22.4 Å². The first-order valence-corrected chi connectivity index (χ1v) is 11.0. The number of halogens is 4.